The number of aliphatic hydroxyl groups excluding tert-OH is 11. The molecule has 3 rings (SSSR count). The highest BCUT2D eigenvalue weighted by Gasteiger charge is 2.60. The number of carboxylic acid groups (broad SMARTS) is 1. The zero-order valence-corrected chi connectivity index (χ0v) is 67.5. The van der Waals surface area contributed by atoms with E-state index in [2.05, 4.69) is 36.6 Å². The van der Waals surface area contributed by atoms with Gasteiger partial charge in [0.05, 0.1) is 50.7 Å². The number of ether oxygens (including phenoxy) is 6. The molecule has 18 atom stereocenters. The van der Waals surface area contributed by atoms with Crippen LogP contribution in [0.15, 0.2) is 24.3 Å². The summed E-state index contributed by atoms with van der Waals surface area (Å²) < 4.78 is 35.0. The van der Waals surface area contributed by atoms with Crippen molar-refractivity contribution in [3.63, 3.8) is 0 Å². The summed E-state index contributed by atoms with van der Waals surface area (Å²) in [6, 6.07) is -2.62. The van der Waals surface area contributed by atoms with Crippen LogP contribution in [0.3, 0.4) is 0 Å². The van der Waals surface area contributed by atoms with Crippen LogP contribution in [0, 0.1) is 0 Å². The molecule has 3 fully saturated rings. The number of carboxylic acids is 1. The van der Waals surface area contributed by atoms with Crippen LogP contribution in [-0.2, 0) is 42.8 Å². The van der Waals surface area contributed by atoms with Crippen LogP contribution in [0.25, 0.3) is 0 Å². The first-order valence-electron chi connectivity index (χ1n) is 43.7. The van der Waals surface area contributed by atoms with Crippen LogP contribution < -0.4 is 10.6 Å². The third kappa shape index (κ3) is 42.5. The largest absolute Gasteiger partial charge is 0.477 e. The minimum absolute atomic E-state index is 0.202. The van der Waals surface area contributed by atoms with Crippen LogP contribution in [0.1, 0.15) is 361 Å². The molecule has 0 radical (unpaired) electrons. The van der Waals surface area contributed by atoms with Crippen molar-refractivity contribution in [3.8, 4) is 0 Å². The molecule has 0 bridgehead atoms. The van der Waals surface area contributed by atoms with E-state index in [9.17, 15) is 75.7 Å². The minimum Gasteiger partial charge on any atom is -0.477 e. The molecular weight excluding hydrogens is 1380 g/mol. The second-order valence-corrected chi connectivity index (χ2v) is 31.8. The van der Waals surface area contributed by atoms with E-state index in [0.717, 1.165) is 51.9 Å². The molecule has 2 amide bonds. The Morgan fingerprint density at radius 2 is 0.870 bits per heavy atom. The number of carbonyl (C=O) groups is 3. The lowest BCUT2D eigenvalue weighted by atomic mass is 9.88. The Morgan fingerprint density at radius 3 is 1.26 bits per heavy atom. The first-order chi connectivity index (χ1) is 52.4. The summed E-state index contributed by atoms with van der Waals surface area (Å²) in [5, 5.41) is 137. The maximum absolute atomic E-state index is 13.6. The minimum atomic E-state index is -3.08. The Bertz CT molecular complexity index is 2240. The Hall–Kier alpha value is -2.79. The van der Waals surface area contributed by atoms with E-state index in [1.807, 2.05) is 6.08 Å². The number of aliphatic hydroxyl groups is 11. The normalized spacial score (nSPS) is 25.9. The van der Waals surface area contributed by atoms with Crippen molar-refractivity contribution in [3.05, 3.63) is 24.3 Å². The fourth-order valence-corrected chi connectivity index (χ4v) is 15.2. The molecule has 3 aliphatic rings. The number of aliphatic carboxylic acids is 1. The molecule has 0 aliphatic carbocycles. The van der Waals surface area contributed by atoms with E-state index < -0.39 is 155 Å². The summed E-state index contributed by atoms with van der Waals surface area (Å²) in [5.41, 5.74) is 0. The smallest absolute Gasteiger partial charge is 0.364 e. The summed E-state index contributed by atoms with van der Waals surface area (Å²) >= 11 is 0. The van der Waals surface area contributed by atoms with Gasteiger partial charge in [0.25, 0.3) is 5.79 Å². The molecule has 3 saturated heterocycles. The molecule has 18 unspecified atom stereocenters. The van der Waals surface area contributed by atoms with Crippen molar-refractivity contribution in [2.45, 2.75) is 471 Å². The maximum Gasteiger partial charge on any atom is 0.364 e. The molecule has 23 nitrogen and oxygen atoms in total. The Morgan fingerprint density at radius 1 is 0.481 bits per heavy atom. The molecule has 108 heavy (non-hydrogen) atoms. The number of hydrogen-bond donors (Lipinski definition) is 14. The van der Waals surface area contributed by atoms with Gasteiger partial charge in [0.2, 0.25) is 11.8 Å². The Kier molecular flexibility index (Phi) is 58.5. The average molecular weight is 1540 g/mol. The fourth-order valence-electron chi connectivity index (χ4n) is 15.2. The van der Waals surface area contributed by atoms with Gasteiger partial charge < -0.3 is 100 Å². The lowest BCUT2D eigenvalue weighted by Gasteiger charge is -2.50. The molecule has 634 valence electrons. The Labute approximate surface area is 651 Å². The highest BCUT2D eigenvalue weighted by Crippen LogP contribution is 2.39. The molecular formula is C85H158N2O21. The second-order valence-electron chi connectivity index (χ2n) is 31.8. The second kappa shape index (κ2) is 63.5. The summed E-state index contributed by atoms with van der Waals surface area (Å²) in [5.74, 6) is -6.13. The van der Waals surface area contributed by atoms with E-state index >= 15 is 0 Å². The van der Waals surface area contributed by atoms with Gasteiger partial charge in [-0.3, -0.25) is 9.59 Å². The number of rotatable bonds is 70. The van der Waals surface area contributed by atoms with Gasteiger partial charge in [-0.1, -0.05) is 321 Å². The molecule has 0 spiro atoms. The molecule has 23 heteroatoms. The molecule has 3 aliphatic heterocycles. The SMILES string of the molecule is CCCCCCCCCCCCCC/C=C\CCCCCCCCCCCCCCCC(=O)NC(COC1OC(CO)C(OC2OC(CO)C(O)C(OC3(C(=O)O)CC(O)C(NC(C)=O)C(C(O)C(O)CO)O3)C2O)C(O)C1O)C(O)/C=C/CCCCCCCCCCCCCCCCCCCCCCCCC. The predicted molar refractivity (Wildman–Crippen MR) is 421 cm³/mol. The average Bonchev–Trinajstić information content (AvgIpc) is 0.755. The summed E-state index contributed by atoms with van der Waals surface area (Å²) in [6.07, 6.45) is 43.6. The van der Waals surface area contributed by atoms with Gasteiger partial charge in [-0.2, -0.15) is 0 Å². The number of unbranched alkanes of at least 4 members (excludes halogenated alkanes) is 48. The van der Waals surface area contributed by atoms with Crippen LogP contribution in [0.5, 0.6) is 0 Å². The zero-order chi connectivity index (χ0) is 78.8. The van der Waals surface area contributed by atoms with Crippen LogP contribution >= 0.6 is 0 Å². The van der Waals surface area contributed by atoms with Gasteiger partial charge in [0.15, 0.2) is 12.6 Å². The molecule has 3 heterocycles. The van der Waals surface area contributed by atoms with Gasteiger partial charge in [0.1, 0.15) is 67.1 Å². The van der Waals surface area contributed by atoms with Crippen molar-refractivity contribution in [1.29, 1.82) is 0 Å². The first kappa shape index (κ1) is 99.4. The monoisotopic (exact) mass is 1540 g/mol. The predicted octanol–water partition coefficient (Wildman–Crippen LogP) is 13.1. The zero-order valence-electron chi connectivity index (χ0n) is 67.5. The lowest BCUT2D eigenvalue weighted by molar-refractivity contribution is -0.386. The first-order valence-corrected chi connectivity index (χ1v) is 43.7. The van der Waals surface area contributed by atoms with Gasteiger partial charge in [0, 0.05) is 19.8 Å². The van der Waals surface area contributed by atoms with Gasteiger partial charge in [-0.15, -0.1) is 0 Å². The molecule has 0 aromatic heterocycles. The van der Waals surface area contributed by atoms with E-state index in [1.54, 1.807) is 6.08 Å². The molecule has 0 saturated carbocycles. The van der Waals surface area contributed by atoms with Crippen molar-refractivity contribution < 1.29 is 104 Å². The molecule has 14 N–H and O–H groups in total. The van der Waals surface area contributed by atoms with Crippen LogP contribution in [0.2, 0.25) is 0 Å². The third-order valence-electron chi connectivity index (χ3n) is 22.1. The maximum atomic E-state index is 13.6. The van der Waals surface area contributed by atoms with E-state index in [4.69, 9.17) is 28.4 Å². The van der Waals surface area contributed by atoms with Crippen molar-refractivity contribution in [2.24, 2.45) is 0 Å². The number of hydrogen-bond acceptors (Lipinski definition) is 20. The van der Waals surface area contributed by atoms with Gasteiger partial charge in [-0.05, 0) is 44.9 Å². The summed E-state index contributed by atoms with van der Waals surface area (Å²) in [7, 11) is 0. The Balaban J connectivity index is 1.48. The van der Waals surface area contributed by atoms with E-state index in [0.29, 0.717) is 12.8 Å². The topological polar surface area (TPSA) is 373 Å². The standard InChI is InChI=1S/C85H158N2O21/c1-4-6-8-10-12-14-16-18-20-22-24-26-28-30-31-32-33-35-37-39-41-43-45-47-49-51-53-55-57-59-72(95)87-66(67(92)58-56-54-52-50-48-46-44-42-40-38-36-34-29-27-25-23-21-19-17-15-13-11-9-7-5-2)64-103-82-77(99)76(98)79(71(63-90)105-82)106-83-78(100)81(75(97)70(62-89)104-83)108-85(84(101)102)60-68(93)73(86-65(3)91)80(107-85)74(96)69(94)61-88/h30-31,56,58,66-71,73-83,88-90,92-94,96-100H,4-29,32-55,57,59-64H2,1-3H3,(H,86,91)(H,87,95)(H,101,102)/b31-30-,58-56+. The highest BCUT2D eigenvalue weighted by molar-refractivity contribution is 5.77. The van der Waals surface area contributed by atoms with Crippen molar-refractivity contribution in [2.75, 3.05) is 26.4 Å². The van der Waals surface area contributed by atoms with E-state index in [1.165, 1.54) is 270 Å². The summed E-state index contributed by atoms with van der Waals surface area (Å²) in [4.78, 5) is 38.8. The number of nitrogens with one attached hydrogen (secondary N) is 2. The lowest BCUT2D eigenvalue weighted by Crippen LogP contribution is -2.70. The number of carbonyl (C=O) groups excluding carboxylic acids is 2. The molecule has 0 aromatic rings. The van der Waals surface area contributed by atoms with Gasteiger partial charge >= 0.3 is 5.97 Å². The number of allylic oxidation sites excluding steroid dienone is 3. The van der Waals surface area contributed by atoms with Crippen molar-refractivity contribution >= 4 is 17.8 Å². The fraction of sp³-hybridized carbons (Fsp3) is 0.918. The quantitative estimate of drug-likeness (QED) is 0.0199. The molecule has 0 aromatic carbocycles. The van der Waals surface area contributed by atoms with Gasteiger partial charge in [-0.25, -0.2) is 4.79 Å². The third-order valence-corrected chi connectivity index (χ3v) is 22.1. The van der Waals surface area contributed by atoms with Crippen LogP contribution in [0.4, 0.5) is 0 Å². The number of amides is 2. The van der Waals surface area contributed by atoms with Crippen LogP contribution in [-0.4, -0.2) is 215 Å². The van der Waals surface area contributed by atoms with E-state index in [-0.39, 0.29) is 12.3 Å². The summed E-state index contributed by atoms with van der Waals surface area (Å²) in [6.45, 7) is 2.21. The highest BCUT2D eigenvalue weighted by atomic mass is 16.8. The van der Waals surface area contributed by atoms with Crippen molar-refractivity contribution in [1.82, 2.24) is 10.6 Å².